The molecule has 4 aromatic carbocycles. The number of ether oxygens (including phenoxy) is 3. The smallest absolute Gasteiger partial charge is 0.161 e. The van der Waals surface area contributed by atoms with E-state index in [1.165, 1.54) is 10.8 Å². The van der Waals surface area contributed by atoms with E-state index in [9.17, 15) is 0 Å². The third-order valence-electron chi connectivity index (χ3n) is 5.46. The van der Waals surface area contributed by atoms with Crippen molar-refractivity contribution >= 4 is 33.7 Å². The maximum Gasteiger partial charge on any atom is 0.161 e. The number of hydrogen-bond donors (Lipinski definition) is 2. The highest BCUT2D eigenvalue weighted by Gasteiger charge is 2.21. The first-order valence-corrected chi connectivity index (χ1v) is 10.8. The van der Waals surface area contributed by atoms with Crippen molar-refractivity contribution < 1.29 is 14.2 Å². The zero-order valence-corrected chi connectivity index (χ0v) is 18.4. The molecule has 0 spiro atoms. The first-order chi connectivity index (χ1) is 15.7. The third kappa shape index (κ3) is 3.99. The van der Waals surface area contributed by atoms with Crippen LogP contribution < -0.4 is 24.8 Å². The number of nitrogens with one attached hydrogen (secondary N) is 2. The lowest BCUT2D eigenvalue weighted by atomic mass is 10.0. The molecule has 0 aromatic heterocycles. The van der Waals surface area contributed by atoms with Crippen LogP contribution in [0.5, 0.6) is 17.2 Å². The van der Waals surface area contributed by atoms with E-state index in [0.717, 1.165) is 16.9 Å². The fourth-order valence-electron chi connectivity index (χ4n) is 3.94. The summed E-state index contributed by atoms with van der Waals surface area (Å²) in [7, 11) is 1.64. The molecule has 32 heavy (non-hydrogen) atoms. The van der Waals surface area contributed by atoms with Gasteiger partial charge in [0.15, 0.2) is 11.5 Å². The zero-order chi connectivity index (χ0) is 21.9. The molecule has 4 aromatic rings. The molecule has 5 nitrogen and oxygen atoms in total. The van der Waals surface area contributed by atoms with Gasteiger partial charge in [-0.1, -0.05) is 54.1 Å². The molecule has 0 saturated heterocycles. The summed E-state index contributed by atoms with van der Waals surface area (Å²) in [5, 5.41) is 10.2. The van der Waals surface area contributed by atoms with Gasteiger partial charge in [0.25, 0.3) is 0 Å². The van der Waals surface area contributed by atoms with Gasteiger partial charge in [-0.2, -0.15) is 0 Å². The van der Waals surface area contributed by atoms with Crippen LogP contribution in [-0.2, 0) is 0 Å². The van der Waals surface area contributed by atoms with Gasteiger partial charge in [-0.25, -0.2) is 0 Å². The Morgan fingerprint density at radius 3 is 2.12 bits per heavy atom. The van der Waals surface area contributed by atoms with Crippen LogP contribution in [0, 0.1) is 0 Å². The number of anilines is 2. The number of rotatable bonds is 7. The van der Waals surface area contributed by atoms with Crippen molar-refractivity contribution in [1.29, 1.82) is 0 Å². The van der Waals surface area contributed by atoms with E-state index < -0.39 is 0 Å². The van der Waals surface area contributed by atoms with Crippen LogP contribution in [0.2, 0.25) is 5.02 Å². The lowest BCUT2D eigenvalue weighted by Gasteiger charge is -2.30. The maximum absolute atomic E-state index is 6.12. The Kier molecular flexibility index (Phi) is 5.65. The monoisotopic (exact) mass is 446 g/mol. The van der Waals surface area contributed by atoms with E-state index in [-0.39, 0.29) is 6.17 Å². The molecule has 0 aliphatic carbocycles. The molecule has 6 heteroatoms. The largest absolute Gasteiger partial charge is 0.493 e. The standard InChI is InChI=1S/C26H23ClN2O3/c1-30-24-16-18(12-13-23(24)32-15-14-31-22-11-3-2-8-19(22)27)26-28-20-9-4-6-17-7-5-10-21(29-26)25(17)20/h2-13,16,26,28-29H,14-15H2,1H3. The fraction of sp³-hybridized carbons (Fsp3) is 0.154. The molecule has 1 heterocycles. The lowest BCUT2D eigenvalue weighted by Crippen LogP contribution is -2.23. The van der Waals surface area contributed by atoms with Crippen LogP contribution in [0.25, 0.3) is 10.8 Å². The lowest BCUT2D eigenvalue weighted by molar-refractivity contribution is 0.211. The van der Waals surface area contributed by atoms with E-state index >= 15 is 0 Å². The summed E-state index contributed by atoms with van der Waals surface area (Å²) in [6, 6.07) is 25.9. The molecule has 0 fully saturated rings. The van der Waals surface area contributed by atoms with Crippen molar-refractivity contribution in [2.45, 2.75) is 6.17 Å². The fourth-order valence-corrected chi connectivity index (χ4v) is 4.13. The predicted molar refractivity (Wildman–Crippen MR) is 129 cm³/mol. The Balaban J connectivity index is 1.28. The predicted octanol–water partition coefficient (Wildman–Crippen LogP) is 6.50. The molecule has 0 atom stereocenters. The second-order valence-electron chi connectivity index (χ2n) is 7.47. The molecular formula is C26H23ClN2O3. The Bertz CT molecular complexity index is 1220. The average molecular weight is 447 g/mol. The van der Waals surface area contributed by atoms with Crippen molar-refractivity contribution in [3.63, 3.8) is 0 Å². The van der Waals surface area contributed by atoms with E-state index in [1.807, 2.05) is 36.4 Å². The number of hydrogen-bond acceptors (Lipinski definition) is 5. The van der Waals surface area contributed by atoms with E-state index in [1.54, 1.807) is 13.2 Å². The minimum atomic E-state index is -0.0815. The van der Waals surface area contributed by atoms with Crippen molar-refractivity contribution in [1.82, 2.24) is 0 Å². The SMILES string of the molecule is COc1cc(C2Nc3cccc4cccc(c34)N2)ccc1OCCOc1ccccc1Cl. The van der Waals surface area contributed by atoms with Crippen LogP contribution in [0.15, 0.2) is 78.9 Å². The Hall–Kier alpha value is -3.57. The van der Waals surface area contributed by atoms with Gasteiger partial charge in [0.05, 0.1) is 12.1 Å². The normalized spacial score (nSPS) is 12.7. The quantitative estimate of drug-likeness (QED) is 0.317. The van der Waals surface area contributed by atoms with Gasteiger partial charge in [0, 0.05) is 16.8 Å². The van der Waals surface area contributed by atoms with Crippen molar-refractivity contribution in [3.05, 3.63) is 89.4 Å². The molecule has 0 amide bonds. The number of para-hydroxylation sites is 1. The first kappa shape index (κ1) is 20.3. The van der Waals surface area contributed by atoms with Crippen molar-refractivity contribution in [3.8, 4) is 17.2 Å². The number of benzene rings is 4. The maximum atomic E-state index is 6.12. The summed E-state index contributed by atoms with van der Waals surface area (Å²) in [5.41, 5.74) is 3.27. The van der Waals surface area contributed by atoms with Gasteiger partial charge >= 0.3 is 0 Å². The molecule has 162 valence electrons. The highest BCUT2D eigenvalue weighted by Crippen LogP contribution is 2.40. The summed E-state index contributed by atoms with van der Waals surface area (Å²) < 4.78 is 17.2. The Labute approximate surface area is 191 Å². The van der Waals surface area contributed by atoms with Crippen LogP contribution in [0.4, 0.5) is 11.4 Å². The van der Waals surface area contributed by atoms with Crippen LogP contribution in [-0.4, -0.2) is 20.3 Å². The van der Waals surface area contributed by atoms with Crippen molar-refractivity contribution in [2.75, 3.05) is 31.0 Å². The third-order valence-corrected chi connectivity index (χ3v) is 5.77. The van der Waals surface area contributed by atoms with Crippen LogP contribution in [0.1, 0.15) is 11.7 Å². The summed E-state index contributed by atoms with van der Waals surface area (Å²) >= 11 is 6.12. The van der Waals surface area contributed by atoms with E-state index in [4.69, 9.17) is 25.8 Å². The summed E-state index contributed by atoms with van der Waals surface area (Å²) in [5.74, 6) is 1.98. The Morgan fingerprint density at radius 2 is 1.44 bits per heavy atom. The number of halogens is 1. The van der Waals surface area contributed by atoms with Gasteiger partial charge < -0.3 is 24.8 Å². The second-order valence-corrected chi connectivity index (χ2v) is 7.88. The molecule has 0 saturated carbocycles. The highest BCUT2D eigenvalue weighted by molar-refractivity contribution is 6.32. The summed E-state index contributed by atoms with van der Waals surface area (Å²) in [4.78, 5) is 0. The molecule has 1 aliphatic rings. The molecular weight excluding hydrogens is 424 g/mol. The molecule has 1 aliphatic heterocycles. The average Bonchev–Trinajstić information content (AvgIpc) is 2.83. The van der Waals surface area contributed by atoms with Crippen LogP contribution >= 0.6 is 11.6 Å². The summed E-state index contributed by atoms with van der Waals surface area (Å²) in [6.07, 6.45) is -0.0815. The molecule has 0 radical (unpaired) electrons. The first-order valence-electron chi connectivity index (χ1n) is 10.5. The Morgan fingerprint density at radius 1 is 0.750 bits per heavy atom. The minimum Gasteiger partial charge on any atom is -0.493 e. The van der Waals surface area contributed by atoms with Gasteiger partial charge in [0.1, 0.15) is 25.1 Å². The summed E-state index contributed by atoms with van der Waals surface area (Å²) in [6.45, 7) is 0.747. The van der Waals surface area contributed by atoms with E-state index in [0.29, 0.717) is 35.5 Å². The number of methoxy groups -OCH3 is 1. The molecule has 0 bridgehead atoms. The van der Waals surface area contributed by atoms with Gasteiger partial charge in [0.2, 0.25) is 0 Å². The van der Waals surface area contributed by atoms with Gasteiger partial charge in [-0.3, -0.25) is 0 Å². The zero-order valence-electron chi connectivity index (χ0n) is 17.6. The second kappa shape index (κ2) is 8.89. The highest BCUT2D eigenvalue weighted by atomic mass is 35.5. The van der Waals surface area contributed by atoms with E-state index in [2.05, 4.69) is 47.0 Å². The minimum absolute atomic E-state index is 0.0815. The molecule has 0 unspecified atom stereocenters. The van der Waals surface area contributed by atoms with Gasteiger partial charge in [-0.05, 0) is 47.3 Å². The molecule has 2 N–H and O–H groups in total. The van der Waals surface area contributed by atoms with Crippen LogP contribution in [0.3, 0.4) is 0 Å². The molecule has 5 rings (SSSR count). The topological polar surface area (TPSA) is 51.8 Å². The van der Waals surface area contributed by atoms with Gasteiger partial charge in [-0.15, -0.1) is 0 Å². The van der Waals surface area contributed by atoms with Crippen molar-refractivity contribution in [2.24, 2.45) is 0 Å².